The molecule has 1 N–H and O–H groups in total. The van der Waals surface area contributed by atoms with E-state index in [1.54, 1.807) is 25.4 Å². The van der Waals surface area contributed by atoms with Gasteiger partial charge in [-0.15, -0.1) is 0 Å². The molecule has 1 aliphatic rings. The fraction of sp³-hybridized carbons (Fsp3) is 0.429. The molecule has 7 nitrogen and oxygen atoms in total. The summed E-state index contributed by atoms with van der Waals surface area (Å²) in [4.78, 5) is 21.5. The Bertz CT molecular complexity index is 981. The number of nitrogens with zero attached hydrogens (tertiary/aromatic N) is 4. The van der Waals surface area contributed by atoms with Crippen LogP contribution in [-0.4, -0.2) is 58.7 Å². The van der Waals surface area contributed by atoms with Gasteiger partial charge >= 0.3 is 6.43 Å². The van der Waals surface area contributed by atoms with E-state index in [4.69, 9.17) is 10.1 Å². The second-order valence-electron chi connectivity index (χ2n) is 7.38. The number of amides is 1. The number of carbonyl (C=O) groups is 1. The zero-order valence-corrected chi connectivity index (χ0v) is 17.3. The molecule has 1 aliphatic heterocycles. The molecule has 0 aliphatic carbocycles. The van der Waals surface area contributed by atoms with Crippen LogP contribution in [0.3, 0.4) is 0 Å². The first-order valence-corrected chi connectivity index (χ1v) is 9.87. The molecular formula is C21H24F3N5O2. The molecule has 2 aromatic rings. The minimum atomic E-state index is -3.10. The topological polar surface area (TPSA) is 83.6 Å². The predicted molar refractivity (Wildman–Crippen MR) is 110 cm³/mol. The smallest absolute Gasteiger partial charge is 0.312 e. The Morgan fingerprint density at radius 3 is 2.65 bits per heavy atom. The molecule has 0 bridgehead atoms. The highest BCUT2D eigenvalue weighted by Gasteiger charge is 2.23. The Hall–Kier alpha value is -3.17. The number of nitrogens with one attached hydrogen (secondary N) is 1. The average Bonchev–Trinajstić information content (AvgIpc) is 3.19. The van der Waals surface area contributed by atoms with Gasteiger partial charge in [-0.2, -0.15) is 8.78 Å². The number of benzene rings is 1. The lowest BCUT2D eigenvalue weighted by atomic mass is 9.96. The molecule has 10 heteroatoms. The van der Waals surface area contributed by atoms with E-state index in [9.17, 15) is 18.0 Å². The Kier molecular flexibility index (Phi) is 7.09. The van der Waals surface area contributed by atoms with Gasteiger partial charge in [0.2, 0.25) is 11.8 Å². The largest absolute Gasteiger partial charge is 0.419 e. The Morgan fingerprint density at radius 1 is 1.32 bits per heavy atom. The molecule has 1 saturated heterocycles. The first kappa shape index (κ1) is 22.5. The van der Waals surface area contributed by atoms with Crippen molar-refractivity contribution in [1.82, 2.24) is 14.5 Å². The maximum atomic E-state index is 14.3. The van der Waals surface area contributed by atoms with Crippen LogP contribution in [0.5, 0.6) is 0 Å². The number of imidazole rings is 1. The molecule has 0 radical (unpaired) electrons. The maximum Gasteiger partial charge on any atom is 0.312 e. The zero-order valence-electron chi connectivity index (χ0n) is 17.3. The Labute approximate surface area is 178 Å². The van der Waals surface area contributed by atoms with Crippen LogP contribution in [0.4, 0.5) is 13.2 Å². The zero-order chi connectivity index (χ0) is 22.5. The van der Waals surface area contributed by atoms with Crippen LogP contribution in [0, 0.1) is 17.1 Å². The van der Waals surface area contributed by atoms with E-state index in [1.807, 2.05) is 9.47 Å². The van der Waals surface area contributed by atoms with E-state index >= 15 is 0 Å². The molecule has 0 unspecified atom stereocenters. The number of likely N-dealkylation sites (tertiary alicyclic amines) is 1. The van der Waals surface area contributed by atoms with Crippen molar-refractivity contribution in [2.24, 2.45) is 10.9 Å². The monoisotopic (exact) mass is 435 g/mol. The third-order valence-electron chi connectivity index (χ3n) is 5.24. The SMILES string of the molecule is C/N=C(\OC(=N)C(F)F)c1cc(F)cc(-c2nccn2CC2CCN(C(C)=O)CC2)c1. The van der Waals surface area contributed by atoms with Crippen molar-refractivity contribution in [2.45, 2.75) is 32.7 Å². The standard InChI is InChI=1S/C21H24F3N5O2/c1-13(30)28-6-3-14(4-7-28)12-29-8-5-27-20(29)15-9-16(11-17(22)10-15)21(26-2)31-19(25)18(23)24/h5,8-11,14,18,25H,3-4,6-7,12H2,1-2H3/b25-19?,26-21-. The van der Waals surface area contributed by atoms with Crippen LogP contribution in [-0.2, 0) is 16.1 Å². The van der Waals surface area contributed by atoms with Gasteiger partial charge in [0.25, 0.3) is 5.90 Å². The third kappa shape index (κ3) is 5.50. The van der Waals surface area contributed by atoms with Crippen molar-refractivity contribution >= 4 is 17.7 Å². The lowest BCUT2D eigenvalue weighted by molar-refractivity contribution is -0.130. The molecule has 2 heterocycles. The van der Waals surface area contributed by atoms with Crippen LogP contribution in [0.2, 0.25) is 0 Å². The minimum Gasteiger partial charge on any atom is -0.419 e. The van der Waals surface area contributed by atoms with Crippen LogP contribution >= 0.6 is 0 Å². The highest BCUT2D eigenvalue weighted by Crippen LogP contribution is 2.25. The number of piperidine rings is 1. The van der Waals surface area contributed by atoms with E-state index in [2.05, 4.69) is 9.98 Å². The van der Waals surface area contributed by atoms with Crippen LogP contribution in [0.15, 0.2) is 35.6 Å². The summed E-state index contributed by atoms with van der Waals surface area (Å²) >= 11 is 0. The summed E-state index contributed by atoms with van der Waals surface area (Å²) in [5, 5.41) is 7.20. The van der Waals surface area contributed by atoms with Crippen molar-refractivity contribution in [2.75, 3.05) is 20.1 Å². The van der Waals surface area contributed by atoms with Gasteiger partial charge in [0.1, 0.15) is 11.6 Å². The number of hydrogen-bond acceptors (Lipinski definition) is 5. The summed E-state index contributed by atoms with van der Waals surface area (Å²) in [5.41, 5.74) is 0.571. The van der Waals surface area contributed by atoms with Crippen molar-refractivity contribution in [1.29, 1.82) is 5.41 Å². The van der Waals surface area contributed by atoms with E-state index in [1.165, 1.54) is 13.1 Å². The number of aromatic nitrogens is 2. The van der Waals surface area contributed by atoms with Gasteiger partial charge in [0, 0.05) is 57.1 Å². The lowest BCUT2D eigenvalue weighted by Gasteiger charge is -2.31. The fourth-order valence-corrected chi connectivity index (χ4v) is 3.65. The molecule has 0 spiro atoms. The van der Waals surface area contributed by atoms with Crippen LogP contribution in [0.1, 0.15) is 25.3 Å². The Balaban J connectivity index is 1.81. The van der Waals surface area contributed by atoms with Gasteiger partial charge in [-0.3, -0.25) is 15.2 Å². The minimum absolute atomic E-state index is 0.0737. The van der Waals surface area contributed by atoms with Gasteiger partial charge < -0.3 is 14.2 Å². The van der Waals surface area contributed by atoms with Gasteiger partial charge in [0.15, 0.2) is 0 Å². The molecule has 1 aromatic heterocycles. The van der Waals surface area contributed by atoms with E-state index in [0.717, 1.165) is 18.9 Å². The fourth-order valence-electron chi connectivity index (χ4n) is 3.65. The summed E-state index contributed by atoms with van der Waals surface area (Å²) in [6, 6.07) is 3.95. The van der Waals surface area contributed by atoms with Gasteiger partial charge in [-0.05, 0) is 37.0 Å². The Morgan fingerprint density at radius 2 is 2.03 bits per heavy atom. The molecule has 3 rings (SSSR count). The van der Waals surface area contributed by atoms with Gasteiger partial charge in [-0.25, -0.2) is 9.37 Å². The van der Waals surface area contributed by atoms with E-state index in [-0.39, 0.29) is 17.4 Å². The van der Waals surface area contributed by atoms with Crippen molar-refractivity contribution in [3.8, 4) is 11.4 Å². The molecular weight excluding hydrogens is 411 g/mol. The molecule has 0 atom stereocenters. The van der Waals surface area contributed by atoms with Crippen molar-refractivity contribution in [3.63, 3.8) is 0 Å². The number of alkyl halides is 2. The number of rotatable bonds is 5. The first-order chi connectivity index (χ1) is 14.8. The van der Waals surface area contributed by atoms with Gasteiger partial charge in [-0.1, -0.05) is 0 Å². The third-order valence-corrected chi connectivity index (χ3v) is 5.24. The number of aliphatic imine (C=N–C) groups is 1. The molecule has 1 amide bonds. The number of halogens is 3. The van der Waals surface area contributed by atoms with Crippen LogP contribution < -0.4 is 0 Å². The van der Waals surface area contributed by atoms with Crippen molar-refractivity contribution in [3.05, 3.63) is 42.0 Å². The predicted octanol–water partition coefficient (Wildman–Crippen LogP) is 3.58. The van der Waals surface area contributed by atoms with E-state index in [0.29, 0.717) is 36.9 Å². The second kappa shape index (κ2) is 9.76. The number of ether oxygens (including phenoxy) is 1. The second-order valence-corrected chi connectivity index (χ2v) is 7.38. The lowest BCUT2D eigenvalue weighted by Crippen LogP contribution is -2.37. The number of hydrogen-bond donors (Lipinski definition) is 1. The molecule has 166 valence electrons. The molecule has 31 heavy (non-hydrogen) atoms. The molecule has 0 saturated carbocycles. The first-order valence-electron chi connectivity index (χ1n) is 9.87. The summed E-state index contributed by atoms with van der Waals surface area (Å²) in [7, 11) is 1.31. The number of carbonyl (C=O) groups excluding carboxylic acids is 1. The highest BCUT2D eigenvalue weighted by molar-refractivity contribution is 6.02. The van der Waals surface area contributed by atoms with Crippen LogP contribution in [0.25, 0.3) is 11.4 Å². The average molecular weight is 435 g/mol. The summed E-state index contributed by atoms with van der Waals surface area (Å²) < 4.78 is 46.4. The molecule has 1 fully saturated rings. The normalized spacial score (nSPS) is 15.4. The highest BCUT2D eigenvalue weighted by atomic mass is 19.3. The van der Waals surface area contributed by atoms with Crippen molar-refractivity contribution < 1.29 is 22.7 Å². The van der Waals surface area contributed by atoms with E-state index < -0.39 is 18.1 Å². The molecule has 1 aromatic carbocycles. The quantitative estimate of drug-likeness (QED) is 0.576. The van der Waals surface area contributed by atoms with Gasteiger partial charge in [0.05, 0.1) is 0 Å². The maximum absolute atomic E-state index is 14.3. The summed E-state index contributed by atoms with van der Waals surface area (Å²) in [6.45, 7) is 3.64. The summed E-state index contributed by atoms with van der Waals surface area (Å²) in [5.74, 6) is -1.20. The summed E-state index contributed by atoms with van der Waals surface area (Å²) in [6.07, 6.45) is 2.04.